The summed E-state index contributed by atoms with van der Waals surface area (Å²) >= 11 is 0. The Bertz CT molecular complexity index is 960. The molecule has 0 radical (unpaired) electrons. The number of piperazine rings is 1. The fraction of sp³-hybridized carbons (Fsp3) is 0.444. The number of fused-ring (bicyclic) bond motifs is 1. The van der Waals surface area contributed by atoms with Gasteiger partial charge in [-0.05, 0) is 29.8 Å². The maximum Gasteiger partial charge on any atom is 0.154 e. The second kappa shape index (κ2) is 7.12. The summed E-state index contributed by atoms with van der Waals surface area (Å²) in [6.45, 7) is 3.03. The summed E-state index contributed by atoms with van der Waals surface area (Å²) in [6.07, 6.45) is 0.415. The van der Waals surface area contributed by atoms with E-state index in [1.165, 1.54) is 6.07 Å². The molecule has 2 aromatic rings. The van der Waals surface area contributed by atoms with Crippen LogP contribution in [0.4, 0.5) is 14.6 Å². The van der Waals surface area contributed by atoms with Crippen LogP contribution in [0.2, 0.25) is 0 Å². The Kier molecular flexibility index (Phi) is 4.81. The smallest absolute Gasteiger partial charge is 0.154 e. The van der Waals surface area contributed by atoms with Gasteiger partial charge in [0.15, 0.2) is 15.7 Å². The molecule has 2 aliphatic rings. The fourth-order valence-corrected chi connectivity index (χ4v) is 4.91. The van der Waals surface area contributed by atoms with Crippen molar-refractivity contribution < 1.29 is 17.2 Å². The van der Waals surface area contributed by atoms with Gasteiger partial charge in [-0.2, -0.15) is 5.10 Å². The maximum absolute atomic E-state index is 13.8. The van der Waals surface area contributed by atoms with E-state index in [-0.39, 0.29) is 11.5 Å². The molecule has 6 nitrogen and oxygen atoms in total. The van der Waals surface area contributed by atoms with Gasteiger partial charge in [-0.1, -0.05) is 0 Å². The lowest BCUT2D eigenvalue weighted by Crippen LogP contribution is -2.46. The third-order valence-corrected chi connectivity index (χ3v) is 6.65. The number of sulfone groups is 1. The highest BCUT2D eigenvalue weighted by Gasteiger charge is 2.25. The molecule has 4 rings (SSSR count). The quantitative estimate of drug-likeness (QED) is 0.787. The Hall–Kier alpha value is -2.13. The topological polar surface area (TPSA) is 66.4 Å². The molecule has 0 unspecified atom stereocenters. The predicted molar refractivity (Wildman–Crippen MR) is 97.1 cm³/mol. The van der Waals surface area contributed by atoms with Crippen molar-refractivity contribution in [2.45, 2.75) is 18.7 Å². The first-order valence-electron chi connectivity index (χ1n) is 8.87. The standard InChI is InChI=1S/C18H20F2N4O2S/c19-15-1-2-16(20)13(9-15)11-23-4-6-24(7-5-23)18-10-14-12-27(25,26)8-3-17(14)21-22-18/h1-2,9-10H,3-8,11-12H2. The van der Waals surface area contributed by atoms with E-state index in [2.05, 4.69) is 15.1 Å². The third kappa shape index (κ3) is 4.08. The summed E-state index contributed by atoms with van der Waals surface area (Å²) in [5.41, 5.74) is 1.84. The first kappa shape index (κ1) is 18.2. The lowest BCUT2D eigenvalue weighted by molar-refractivity contribution is 0.245. The van der Waals surface area contributed by atoms with E-state index in [0.29, 0.717) is 50.5 Å². The monoisotopic (exact) mass is 394 g/mol. The Morgan fingerprint density at radius 2 is 1.81 bits per heavy atom. The first-order chi connectivity index (χ1) is 12.9. The fourth-order valence-electron chi connectivity index (χ4n) is 3.54. The second-order valence-electron chi connectivity index (χ2n) is 7.02. The highest BCUT2D eigenvalue weighted by molar-refractivity contribution is 7.90. The Morgan fingerprint density at radius 3 is 2.59 bits per heavy atom. The molecule has 27 heavy (non-hydrogen) atoms. The molecule has 0 amide bonds. The molecule has 1 saturated heterocycles. The number of anilines is 1. The van der Waals surface area contributed by atoms with Crippen molar-refractivity contribution in [3.8, 4) is 0 Å². The van der Waals surface area contributed by atoms with Gasteiger partial charge in [0, 0.05) is 44.7 Å². The summed E-state index contributed by atoms with van der Waals surface area (Å²) in [4.78, 5) is 4.11. The van der Waals surface area contributed by atoms with E-state index in [4.69, 9.17) is 0 Å². The lowest BCUT2D eigenvalue weighted by Gasteiger charge is -2.35. The molecule has 2 aliphatic heterocycles. The Balaban J connectivity index is 1.42. The first-order valence-corrected chi connectivity index (χ1v) is 10.7. The summed E-state index contributed by atoms with van der Waals surface area (Å²) in [7, 11) is -3.06. The van der Waals surface area contributed by atoms with E-state index in [1.807, 2.05) is 11.0 Å². The summed E-state index contributed by atoms with van der Waals surface area (Å²) < 4.78 is 50.8. The zero-order valence-corrected chi connectivity index (χ0v) is 15.6. The molecule has 1 fully saturated rings. The SMILES string of the molecule is O=S1(=O)CCc2nnc(N3CCN(Cc4cc(F)ccc4F)CC3)cc2C1. The van der Waals surface area contributed by atoms with Gasteiger partial charge in [0.05, 0.1) is 17.2 Å². The van der Waals surface area contributed by atoms with Crippen LogP contribution < -0.4 is 4.90 Å². The molecule has 9 heteroatoms. The van der Waals surface area contributed by atoms with Gasteiger partial charge in [-0.25, -0.2) is 17.2 Å². The van der Waals surface area contributed by atoms with Crippen LogP contribution in [0, 0.1) is 11.6 Å². The lowest BCUT2D eigenvalue weighted by atomic mass is 10.1. The number of hydrogen-bond acceptors (Lipinski definition) is 6. The largest absolute Gasteiger partial charge is 0.353 e. The summed E-state index contributed by atoms with van der Waals surface area (Å²) in [5.74, 6) is -0.0279. The van der Waals surface area contributed by atoms with E-state index in [1.54, 1.807) is 0 Å². The van der Waals surface area contributed by atoms with Gasteiger partial charge in [-0.3, -0.25) is 4.90 Å². The Morgan fingerprint density at radius 1 is 1.04 bits per heavy atom. The van der Waals surface area contributed by atoms with E-state index < -0.39 is 21.5 Å². The van der Waals surface area contributed by atoms with Crippen LogP contribution in [0.3, 0.4) is 0 Å². The van der Waals surface area contributed by atoms with E-state index in [0.717, 1.165) is 23.4 Å². The maximum atomic E-state index is 13.8. The van der Waals surface area contributed by atoms with Crippen LogP contribution >= 0.6 is 0 Å². The van der Waals surface area contributed by atoms with Crippen LogP contribution in [-0.2, 0) is 28.6 Å². The number of aryl methyl sites for hydroxylation is 1. The molecule has 144 valence electrons. The normalized spacial score (nSPS) is 19.7. The molecule has 0 spiro atoms. The van der Waals surface area contributed by atoms with Crippen molar-refractivity contribution in [3.05, 3.63) is 52.7 Å². The van der Waals surface area contributed by atoms with Crippen molar-refractivity contribution >= 4 is 15.7 Å². The highest BCUT2D eigenvalue weighted by Crippen LogP contribution is 2.23. The highest BCUT2D eigenvalue weighted by atomic mass is 32.2. The predicted octanol–water partition coefficient (Wildman–Crippen LogP) is 1.55. The number of aromatic nitrogens is 2. The Labute approximate surface area is 156 Å². The van der Waals surface area contributed by atoms with Gasteiger partial charge in [0.25, 0.3) is 0 Å². The third-order valence-electron chi connectivity index (χ3n) is 5.07. The van der Waals surface area contributed by atoms with Crippen molar-refractivity contribution in [1.82, 2.24) is 15.1 Å². The molecule has 0 aliphatic carbocycles. The van der Waals surface area contributed by atoms with Crippen LogP contribution in [0.15, 0.2) is 24.3 Å². The van der Waals surface area contributed by atoms with Crippen molar-refractivity contribution in [2.75, 3.05) is 36.8 Å². The molecule has 0 N–H and O–H groups in total. The average Bonchev–Trinajstić information content (AvgIpc) is 2.64. The number of hydrogen-bond donors (Lipinski definition) is 0. The summed E-state index contributed by atoms with van der Waals surface area (Å²) in [5, 5.41) is 8.46. The van der Waals surface area contributed by atoms with Crippen LogP contribution in [0.25, 0.3) is 0 Å². The molecule has 1 aromatic heterocycles. The van der Waals surface area contributed by atoms with E-state index >= 15 is 0 Å². The molecular formula is C18H20F2N4O2S. The van der Waals surface area contributed by atoms with Gasteiger partial charge in [0.2, 0.25) is 0 Å². The molecule has 3 heterocycles. The minimum absolute atomic E-state index is 0.0175. The van der Waals surface area contributed by atoms with Crippen LogP contribution in [-0.4, -0.2) is 55.4 Å². The van der Waals surface area contributed by atoms with Gasteiger partial charge in [0.1, 0.15) is 11.6 Å². The number of benzene rings is 1. The molecule has 0 bridgehead atoms. The van der Waals surface area contributed by atoms with Crippen LogP contribution in [0.1, 0.15) is 16.8 Å². The average molecular weight is 394 g/mol. The zero-order valence-electron chi connectivity index (χ0n) is 14.7. The number of halogens is 2. The van der Waals surface area contributed by atoms with Gasteiger partial charge in [-0.15, -0.1) is 5.10 Å². The van der Waals surface area contributed by atoms with Crippen LogP contribution in [0.5, 0.6) is 0 Å². The van der Waals surface area contributed by atoms with Gasteiger partial charge >= 0.3 is 0 Å². The molecule has 1 aromatic carbocycles. The van der Waals surface area contributed by atoms with Gasteiger partial charge < -0.3 is 4.90 Å². The number of nitrogens with zero attached hydrogens (tertiary/aromatic N) is 4. The minimum Gasteiger partial charge on any atom is -0.353 e. The van der Waals surface area contributed by atoms with E-state index in [9.17, 15) is 17.2 Å². The molecular weight excluding hydrogens is 374 g/mol. The molecule has 0 saturated carbocycles. The zero-order chi connectivity index (χ0) is 19.0. The molecule has 0 atom stereocenters. The van der Waals surface area contributed by atoms with Crippen molar-refractivity contribution in [2.24, 2.45) is 0 Å². The van der Waals surface area contributed by atoms with Crippen molar-refractivity contribution in [3.63, 3.8) is 0 Å². The second-order valence-corrected chi connectivity index (χ2v) is 9.20. The van der Waals surface area contributed by atoms with Crippen molar-refractivity contribution in [1.29, 1.82) is 0 Å². The number of rotatable bonds is 3. The minimum atomic E-state index is -3.06. The summed E-state index contributed by atoms with van der Waals surface area (Å²) in [6, 6.07) is 5.32.